The summed E-state index contributed by atoms with van der Waals surface area (Å²) in [5, 5.41) is 11.6. The molecule has 0 aliphatic heterocycles. The van der Waals surface area contributed by atoms with Gasteiger partial charge in [0.25, 0.3) is 5.91 Å². The summed E-state index contributed by atoms with van der Waals surface area (Å²) in [6.45, 7) is 0. The predicted octanol–water partition coefficient (Wildman–Crippen LogP) is 2.82. The van der Waals surface area contributed by atoms with Gasteiger partial charge >= 0.3 is 0 Å². The Hall–Kier alpha value is -2.17. The van der Waals surface area contributed by atoms with Crippen LogP contribution < -0.4 is 5.32 Å². The first-order chi connectivity index (χ1) is 10.8. The Kier molecular flexibility index (Phi) is 3.41. The summed E-state index contributed by atoms with van der Waals surface area (Å²) >= 11 is 0. The maximum atomic E-state index is 12.6. The lowest BCUT2D eigenvalue weighted by molar-refractivity contribution is 0.0931. The highest BCUT2D eigenvalue weighted by molar-refractivity contribution is 5.94. The van der Waals surface area contributed by atoms with E-state index in [2.05, 4.69) is 15.6 Å². The third-order valence-corrected chi connectivity index (χ3v) is 4.58. The van der Waals surface area contributed by atoms with Gasteiger partial charge in [-0.3, -0.25) is 4.79 Å². The van der Waals surface area contributed by atoms with Gasteiger partial charge in [-0.2, -0.15) is 0 Å². The van der Waals surface area contributed by atoms with Crippen molar-refractivity contribution in [3.05, 3.63) is 41.7 Å². The average molecular weight is 296 g/mol. The Balaban J connectivity index is 1.65. The van der Waals surface area contributed by atoms with Gasteiger partial charge in [0.1, 0.15) is 0 Å². The zero-order chi connectivity index (χ0) is 14.9. The molecule has 5 nitrogen and oxygen atoms in total. The van der Waals surface area contributed by atoms with Crippen LogP contribution in [0.25, 0.3) is 5.69 Å². The van der Waals surface area contributed by atoms with Crippen molar-refractivity contribution < 1.29 is 4.79 Å². The maximum absolute atomic E-state index is 12.6. The van der Waals surface area contributed by atoms with Crippen LogP contribution in [0.15, 0.2) is 30.3 Å². The molecule has 4 rings (SSSR count). The number of nitrogens with zero attached hydrogens (tertiary/aromatic N) is 3. The van der Waals surface area contributed by atoms with Gasteiger partial charge in [0.2, 0.25) is 0 Å². The molecule has 1 heterocycles. The summed E-state index contributed by atoms with van der Waals surface area (Å²) in [6, 6.07) is 10.2. The number of carbonyl (C=O) groups excluding carboxylic acids is 1. The smallest absolute Gasteiger partial charge is 0.274 e. The van der Waals surface area contributed by atoms with Gasteiger partial charge in [0, 0.05) is 12.0 Å². The number of hydrogen-bond donors (Lipinski definition) is 1. The minimum absolute atomic E-state index is 0.0593. The van der Waals surface area contributed by atoms with Gasteiger partial charge in [-0.25, -0.2) is 4.68 Å². The molecule has 1 N–H and O–H groups in total. The molecule has 2 aliphatic rings. The molecule has 0 spiro atoms. The number of rotatable bonds is 4. The summed E-state index contributed by atoms with van der Waals surface area (Å²) in [5.74, 6) is 0.357. The first-order valence-electron chi connectivity index (χ1n) is 8.15. The Bertz CT molecular complexity index is 669. The van der Waals surface area contributed by atoms with E-state index in [4.69, 9.17) is 0 Å². The van der Waals surface area contributed by atoms with Gasteiger partial charge in [-0.15, -0.1) is 5.10 Å². The third kappa shape index (κ3) is 2.51. The van der Waals surface area contributed by atoms with Gasteiger partial charge in [0.05, 0.1) is 11.4 Å². The molecule has 22 heavy (non-hydrogen) atoms. The van der Waals surface area contributed by atoms with Crippen LogP contribution in [-0.2, 0) is 0 Å². The van der Waals surface area contributed by atoms with E-state index in [9.17, 15) is 4.79 Å². The number of amides is 1. The van der Waals surface area contributed by atoms with Crippen molar-refractivity contribution in [2.75, 3.05) is 0 Å². The van der Waals surface area contributed by atoms with Crippen molar-refractivity contribution in [2.45, 2.75) is 50.5 Å². The second-order valence-electron chi connectivity index (χ2n) is 6.30. The van der Waals surface area contributed by atoms with Crippen LogP contribution in [0.5, 0.6) is 0 Å². The Labute approximate surface area is 129 Å². The third-order valence-electron chi connectivity index (χ3n) is 4.58. The van der Waals surface area contributed by atoms with E-state index < -0.39 is 0 Å². The zero-order valence-corrected chi connectivity index (χ0v) is 12.5. The fourth-order valence-electron chi connectivity index (χ4n) is 3.26. The first-order valence-corrected chi connectivity index (χ1v) is 8.15. The van der Waals surface area contributed by atoms with Crippen LogP contribution in [0.3, 0.4) is 0 Å². The standard InChI is InChI=1S/C17H20N4O/c22-17(18-13-6-4-5-7-13)15-16(12-10-11-12)21(20-19-15)14-8-2-1-3-9-14/h1-3,8-9,12-13H,4-7,10-11H2,(H,18,22). The van der Waals surface area contributed by atoms with Crippen LogP contribution in [-0.4, -0.2) is 26.9 Å². The number of aromatic nitrogens is 3. The van der Waals surface area contributed by atoms with Crippen molar-refractivity contribution in [2.24, 2.45) is 0 Å². The minimum Gasteiger partial charge on any atom is -0.348 e. The molecule has 1 aromatic heterocycles. The van der Waals surface area contributed by atoms with Crippen molar-refractivity contribution in [1.82, 2.24) is 20.3 Å². The molecule has 0 atom stereocenters. The number of nitrogens with one attached hydrogen (secondary N) is 1. The highest BCUT2D eigenvalue weighted by atomic mass is 16.2. The minimum atomic E-state index is -0.0593. The monoisotopic (exact) mass is 296 g/mol. The normalized spacial score (nSPS) is 18.5. The summed E-state index contributed by atoms with van der Waals surface area (Å²) in [6.07, 6.45) is 6.80. The molecular formula is C17H20N4O. The molecule has 5 heteroatoms. The SMILES string of the molecule is O=C(NC1CCCC1)c1nnn(-c2ccccc2)c1C1CC1. The van der Waals surface area contributed by atoms with Crippen LogP contribution in [0.2, 0.25) is 0 Å². The van der Waals surface area contributed by atoms with Crippen LogP contribution in [0, 0.1) is 0 Å². The lowest BCUT2D eigenvalue weighted by Crippen LogP contribution is -2.33. The van der Waals surface area contributed by atoms with Crippen LogP contribution in [0.1, 0.15) is 60.6 Å². The molecule has 0 saturated heterocycles. The Morgan fingerprint density at radius 2 is 1.82 bits per heavy atom. The molecule has 0 radical (unpaired) electrons. The fraction of sp³-hybridized carbons (Fsp3) is 0.471. The van der Waals surface area contributed by atoms with Crippen molar-refractivity contribution in [3.8, 4) is 5.69 Å². The molecule has 2 aliphatic carbocycles. The first kappa shape index (κ1) is 13.5. The lowest BCUT2D eigenvalue weighted by Gasteiger charge is -2.11. The lowest BCUT2D eigenvalue weighted by atomic mass is 10.2. The topological polar surface area (TPSA) is 59.8 Å². The van der Waals surface area contributed by atoms with Crippen molar-refractivity contribution in [1.29, 1.82) is 0 Å². The number of hydrogen-bond acceptors (Lipinski definition) is 3. The fourth-order valence-corrected chi connectivity index (χ4v) is 3.26. The largest absolute Gasteiger partial charge is 0.348 e. The maximum Gasteiger partial charge on any atom is 0.274 e. The average Bonchev–Trinajstić information content (AvgIpc) is 3.08. The van der Waals surface area contributed by atoms with E-state index in [0.29, 0.717) is 17.7 Å². The molecule has 2 saturated carbocycles. The number of carbonyl (C=O) groups is 1. The Morgan fingerprint density at radius 1 is 1.09 bits per heavy atom. The van der Waals surface area contributed by atoms with Crippen molar-refractivity contribution in [3.63, 3.8) is 0 Å². The quantitative estimate of drug-likeness (QED) is 0.943. The van der Waals surface area contributed by atoms with Gasteiger partial charge in [-0.1, -0.05) is 36.3 Å². The molecule has 1 amide bonds. The summed E-state index contributed by atoms with van der Waals surface area (Å²) < 4.78 is 1.83. The van der Waals surface area contributed by atoms with Gasteiger partial charge < -0.3 is 5.32 Å². The molecule has 1 aromatic carbocycles. The molecule has 0 bridgehead atoms. The second-order valence-corrected chi connectivity index (χ2v) is 6.30. The zero-order valence-electron chi connectivity index (χ0n) is 12.5. The van der Waals surface area contributed by atoms with Crippen molar-refractivity contribution >= 4 is 5.91 Å². The second kappa shape index (κ2) is 5.55. The summed E-state index contributed by atoms with van der Waals surface area (Å²) in [4.78, 5) is 12.6. The van der Waals surface area contributed by atoms with E-state index in [0.717, 1.165) is 37.1 Å². The van der Waals surface area contributed by atoms with E-state index >= 15 is 0 Å². The Morgan fingerprint density at radius 3 is 2.50 bits per heavy atom. The van der Waals surface area contributed by atoms with Gasteiger partial charge in [-0.05, 0) is 37.8 Å². The molecule has 114 valence electrons. The number of para-hydroxylation sites is 1. The molecular weight excluding hydrogens is 276 g/mol. The summed E-state index contributed by atoms with van der Waals surface area (Å²) in [7, 11) is 0. The number of benzene rings is 1. The van der Waals surface area contributed by atoms with Crippen LogP contribution >= 0.6 is 0 Å². The predicted molar refractivity (Wildman–Crippen MR) is 83.1 cm³/mol. The van der Waals surface area contributed by atoms with E-state index in [1.165, 1.54) is 12.8 Å². The highest BCUT2D eigenvalue weighted by Crippen LogP contribution is 2.42. The highest BCUT2D eigenvalue weighted by Gasteiger charge is 2.34. The molecule has 2 fully saturated rings. The summed E-state index contributed by atoms with van der Waals surface area (Å²) in [5.41, 5.74) is 2.46. The molecule has 0 unspecified atom stereocenters. The van der Waals surface area contributed by atoms with Crippen LogP contribution in [0.4, 0.5) is 0 Å². The van der Waals surface area contributed by atoms with E-state index in [-0.39, 0.29) is 5.91 Å². The van der Waals surface area contributed by atoms with E-state index in [1.807, 2.05) is 35.0 Å². The van der Waals surface area contributed by atoms with E-state index in [1.54, 1.807) is 0 Å². The molecule has 2 aromatic rings. The van der Waals surface area contributed by atoms with Gasteiger partial charge in [0.15, 0.2) is 5.69 Å².